The van der Waals surface area contributed by atoms with Crippen LogP contribution in [-0.2, 0) is 25.6 Å². The zero-order chi connectivity index (χ0) is 26.1. The van der Waals surface area contributed by atoms with E-state index >= 15 is 0 Å². The Morgan fingerprint density at radius 1 is 0.917 bits per heavy atom. The van der Waals surface area contributed by atoms with Gasteiger partial charge in [-0.3, -0.25) is 19.2 Å². The number of anilines is 2. The standard InChI is InChI=1S/C22H28ClN9O4/c23-20-30-21-26-9-5-4-8-13(17(25)34)27-18(35)14(10-12-6-2-1-3-7-12)28-19(36)15(11-16(24)33)29-22(31-20)32-21/h1-3,6-7,13-15H,4-5,8-11H2,(H2,24,33)(H2,25,34)(H,27,35)(H,28,36)(H2,26,29,30,31,32)/t13-,14+,15+/m1/s1. The van der Waals surface area contributed by atoms with E-state index in [9.17, 15) is 19.2 Å². The molecule has 1 aliphatic rings. The molecule has 0 radical (unpaired) electrons. The number of amides is 4. The maximum Gasteiger partial charge on any atom is 0.243 e. The number of primary amides is 2. The van der Waals surface area contributed by atoms with Crippen LogP contribution in [0.2, 0.25) is 5.28 Å². The van der Waals surface area contributed by atoms with Crippen LogP contribution >= 0.6 is 11.6 Å². The van der Waals surface area contributed by atoms with Crippen LogP contribution in [-0.4, -0.2) is 63.3 Å². The van der Waals surface area contributed by atoms with Gasteiger partial charge < -0.3 is 32.7 Å². The predicted molar refractivity (Wildman–Crippen MR) is 132 cm³/mol. The van der Waals surface area contributed by atoms with Gasteiger partial charge in [0, 0.05) is 13.0 Å². The van der Waals surface area contributed by atoms with Crippen LogP contribution in [0.15, 0.2) is 30.3 Å². The van der Waals surface area contributed by atoms with Crippen molar-refractivity contribution in [1.82, 2.24) is 25.6 Å². The lowest BCUT2D eigenvalue weighted by molar-refractivity contribution is -0.132. The quantitative estimate of drug-likeness (QED) is 0.301. The Kier molecular flexibility index (Phi) is 9.33. The van der Waals surface area contributed by atoms with E-state index in [0.717, 1.165) is 5.56 Å². The maximum absolute atomic E-state index is 13.2. The Labute approximate surface area is 212 Å². The molecule has 4 amide bonds. The Bertz CT molecular complexity index is 1100. The average Bonchev–Trinajstić information content (AvgIpc) is 2.81. The largest absolute Gasteiger partial charge is 0.370 e. The normalized spacial score (nSPS) is 21.3. The van der Waals surface area contributed by atoms with Gasteiger partial charge >= 0.3 is 0 Å². The summed E-state index contributed by atoms with van der Waals surface area (Å²) < 4.78 is 0. The molecule has 2 heterocycles. The molecule has 0 aliphatic carbocycles. The van der Waals surface area contributed by atoms with Crippen molar-refractivity contribution in [2.75, 3.05) is 17.2 Å². The molecular formula is C22H28ClN9O4. The molecular weight excluding hydrogens is 490 g/mol. The molecule has 192 valence electrons. The summed E-state index contributed by atoms with van der Waals surface area (Å²) in [5.41, 5.74) is 11.6. The summed E-state index contributed by atoms with van der Waals surface area (Å²) in [7, 11) is 0. The molecule has 2 aromatic rings. The second-order valence-corrected chi connectivity index (χ2v) is 8.59. The molecule has 13 nitrogen and oxygen atoms in total. The van der Waals surface area contributed by atoms with Crippen LogP contribution in [0.3, 0.4) is 0 Å². The summed E-state index contributed by atoms with van der Waals surface area (Å²) in [6, 6.07) is 5.77. The van der Waals surface area contributed by atoms with E-state index in [0.29, 0.717) is 25.8 Å². The number of nitrogens with two attached hydrogens (primary N) is 2. The second-order valence-electron chi connectivity index (χ2n) is 8.26. The van der Waals surface area contributed by atoms with Crippen molar-refractivity contribution in [1.29, 1.82) is 0 Å². The fourth-order valence-corrected chi connectivity index (χ4v) is 3.78. The van der Waals surface area contributed by atoms with Gasteiger partial charge in [-0.05, 0) is 36.4 Å². The highest BCUT2D eigenvalue weighted by atomic mass is 35.5. The third-order valence-corrected chi connectivity index (χ3v) is 5.58. The first-order valence-electron chi connectivity index (χ1n) is 11.4. The first-order valence-corrected chi connectivity index (χ1v) is 11.7. The van der Waals surface area contributed by atoms with Crippen molar-refractivity contribution >= 4 is 47.1 Å². The van der Waals surface area contributed by atoms with E-state index in [2.05, 4.69) is 36.2 Å². The molecule has 0 saturated carbocycles. The monoisotopic (exact) mass is 517 g/mol. The third-order valence-electron chi connectivity index (χ3n) is 5.41. The summed E-state index contributed by atoms with van der Waals surface area (Å²) in [6.45, 7) is 0.432. The summed E-state index contributed by atoms with van der Waals surface area (Å²) in [5, 5.41) is 10.9. The number of hydrogen-bond donors (Lipinski definition) is 6. The minimum Gasteiger partial charge on any atom is -0.370 e. The van der Waals surface area contributed by atoms with E-state index in [1.807, 2.05) is 6.07 Å². The van der Waals surface area contributed by atoms with Gasteiger partial charge in [-0.25, -0.2) is 0 Å². The zero-order valence-corrected chi connectivity index (χ0v) is 20.1. The van der Waals surface area contributed by atoms with Crippen molar-refractivity contribution in [2.45, 2.75) is 50.2 Å². The fourth-order valence-electron chi connectivity index (χ4n) is 3.62. The lowest BCUT2D eigenvalue weighted by Gasteiger charge is -2.25. The number of benzene rings is 1. The molecule has 0 saturated heterocycles. The summed E-state index contributed by atoms with van der Waals surface area (Å²) in [5.74, 6) is -2.66. The Morgan fingerprint density at radius 2 is 1.61 bits per heavy atom. The molecule has 3 atom stereocenters. The number of nitrogens with one attached hydrogen (secondary N) is 4. The fraction of sp³-hybridized carbons (Fsp3) is 0.409. The van der Waals surface area contributed by atoms with Crippen LogP contribution < -0.4 is 32.7 Å². The lowest BCUT2D eigenvalue weighted by atomic mass is 10.0. The number of carbonyl (C=O) groups is 4. The molecule has 2 bridgehead atoms. The number of hydrogen-bond acceptors (Lipinski definition) is 9. The first-order chi connectivity index (χ1) is 17.2. The molecule has 1 aromatic carbocycles. The Morgan fingerprint density at radius 3 is 2.31 bits per heavy atom. The average molecular weight is 518 g/mol. The van der Waals surface area contributed by atoms with Gasteiger partial charge in [-0.1, -0.05) is 30.3 Å². The molecule has 3 rings (SSSR count). The predicted octanol–water partition coefficient (Wildman–Crippen LogP) is -0.526. The second kappa shape index (κ2) is 12.6. The molecule has 0 spiro atoms. The maximum atomic E-state index is 13.2. The Hall–Kier alpha value is -4.00. The van der Waals surface area contributed by atoms with Crippen molar-refractivity contribution in [3.05, 3.63) is 41.2 Å². The molecule has 14 heteroatoms. The highest BCUT2D eigenvalue weighted by Crippen LogP contribution is 2.13. The summed E-state index contributed by atoms with van der Waals surface area (Å²) >= 11 is 6.00. The van der Waals surface area contributed by atoms with Crippen molar-refractivity contribution < 1.29 is 19.2 Å². The van der Waals surface area contributed by atoms with Gasteiger partial charge in [0.25, 0.3) is 0 Å². The number of nitrogens with zero attached hydrogens (tertiary/aromatic N) is 3. The van der Waals surface area contributed by atoms with E-state index in [-0.39, 0.29) is 23.6 Å². The van der Waals surface area contributed by atoms with Crippen LogP contribution in [0.25, 0.3) is 0 Å². The van der Waals surface area contributed by atoms with Gasteiger partial charge in [0.05, 0.1) is 6.42 Å². The third kappa shape index (κ3) is 8.05. The number of rotatable bonds is 5. The molecule has 1 aromatic heterocycles. The number of halogens is 1. The van der Waals surface area contributed by atoms with Crippen LogP contribution in [0.5, 0.6) is 0 Å². The number of fused-ring (bicyclic) bond motifs is 2. The van der Waals surface area contributed by atoms with Gasteiger partial charge in [-0.15, -0.1) is 0 Å². The first kappa shape index (κ1) is 26.6. The minimum absolute atomic E-state index is 0.0520. The highest BCUT2D eigenvalue weighted by Gasteiger charge is 2.30. The van der Waals surface area contributed by atoms with E-state index in [1.165, 1.54) is 0 Å². The summed E-state index contributed by atoms with van der Waals surface area (Å²) in [6.07, 6.45) is 1.17. The van der Waals surface area contributed by atoms with Crippen LogP contribution in [0, 0.1) is 0 Å². The number of aromatic nitrogens is 3. The lowest BCUT2D eigenvalue weighted by Crippen LogP contribution is -2.56. The van der Waals surface area contributed by atoms with Crippen molar-refractivity contribution in [2.24, 2.45) is 11.5 Å². The zero-order valence-electron chi connectivity index (χ0n) is 19.4. The highest BCUT2D eigenvalue weighted by molar-refractivity contribution is 6.28. The van der Waals surface area contributed by atoms with Gasteiger partial charge in [0.15, 0.2) is 0 Å². The smallest absolute Gasteiger partial charge is 0.243 e. The van der Waals surface area contributed by atoms with Crippen molar-refractivity contribution in [3.8, 4) is 0 Å². The van der Waals surface area contributed by atoms with E-state index in [1.54, 1.807) is 24.3 Å². The van der Waals surface area contributed by atoms with E-state index in [4.69, 9.17) is 23.1 Å². The Balaban J connectivity index is 1.94. The topological polar surface area (TPSA) is 207 Å². The van der Waals surface area contributed by atoms with Crippen LogP contribution in [0.4, 0.5) is 11.9 Å². The number of carbonyl (C=O) groups excluding carboxylic acids is 4. The van der Waals surface area contributed by atoms with Crippen molar-refractivity contribution in [3.63, 3.8) is 0 Å². The molecule has 8 N–H and O–H groups in total. The van der Waals surface area contributed by atoms with E-state index < -0.39 is 48.2 Å². The van der Waals surface area contributed by atoms with Crippen LogP contribution in [0.1, 0.15) is 31.2 Å². The van der Waals surface area contributed by atoms with Gasteiger partial charge in [-0.2, -0.15) is 15.0 Å². The molecule has 1 aliphatic heterocycles. The molecule has 0 fully saturated rings. The SMILES string of the molecule is NC(=O)C[C@@H]1Nc2nc(Cl)nc(n2)NCCCC[C@H](C(N)=O)NC(=O)[C@H](Cc2ccccc2)NC1=O. The van der Waals surface area contributed by atoms with Gasteiger partial charge in [0.2, 0.25) is 40.8 Å². The summed E-state index contributed by atoms with van der Waals surface area (Å²) in [4.78, 5) is 62.2. The van der Waals surface area contributed by atoms with Gasteiger partial charge in [0.1, 0.15) is 18.1 Å². The molecule has 0 unspecified atom stereocenters. The molecule has 36 heavy (non-hydrogen) atoms. The minimum atomic E-state index is -1.22.